The van der Waals surface area contributed by atoms with E-state index in [1.165, 1.54) is 12.1 Å². The molecule has 2 rings (SSSR count). The molecule has 0 bridgehead atoms. The van der Waals surface area contributed by atoms with Gasteiger partial charge in [0.1, 0.15) is 11.9 Å². The molecule has 3 nitrogen and oxygen atoms in total. The van der Waals surface area contributed by atoms with Crippen LogP contribution in [0.3, 0.4) is 0 Å². The normalized spacial score (nSPS) is 9.95. The maximum Gasteiger partial charge on any atom is 0.141 e. The molecule has 96 valence electrons. The van der Waals surface area contributed by atoms with Crippen LogP contribution in [0, 0.1) is 17.1 Å². The summed E-state index contributed by atoms with van der Waals surface area (Å²) < 4.78 is 13.1. The molecule has 0 heterocycles. The zero-order valence-electron chi connectivity index (χ0n) is 10.2. The summed E-state index contributed by atoms with van der Waals surface area (Å²) >= 11 is 0. The van der Waals surface area contributed by atoms with Crippen molar-refractivity contribution in [2.75, 3.05) is 5.32 Å². The Balaban J connectivity index is 2.04. The number of anilines is 1. The van der Waals surface area contributed by atoms with Crippen LogP contribution in [0.1, 0.15) is 16.7 Å². The zero-order chi connectivity index (χ0) is 13.7. The average molecular weight is 256 g/mol. The number of aliphatic hydroxyl groups excluding tert-OH is 1. The fourth-order valence-electron chi connectivity index (χ4n) is 1.69. The molecule has 0 aromatic heterocycles. The van der Waals surface area contributed by atoms with Gasteiger partial charge in [-0.2, -0.15) is 5.26 Å². The van der Waals surface area contributed by atoms with Gasteiger partial charge < -0.3 is 10.4 Å². The number of halogens is 1. The number of nitriles is 1. The van der Waals surface area contributed by atoms with E-state index in [1.807, 2.05) is 24.3 Å². The maximum atomic E-state index is 13.1. The first-order chi connectivity index (χ1) is 9.22. The van der Waals surface area contributed by atoms with Gasteiger partial charge in [-0.25, -0.2) is 4.39 Å². The van der Waals surface area contributed by atoms with Crippen molar-refractivity contribution in [3.8, 4) is 6.07 Å². The quantitative estimate of drug-likeness (QED) is 0.884. The molecule has 2 aromatic rings. The first-order valence-electron chi connectivity index (χ1n) is 5.85. The number of hydrogen-bond acceptors (Lipinski definition) is 3. The number of rotatable bonds is 4. The van der Waals surface area contributed by atoms with Crippen molar-refractivity contribution in [1.82, 2.24) is 0 Å². The lowest BCUT2D eigenvalue weighted by Gasteiger charge is -2.07. The lowest BCUT2D eigenvalue weighted by atomic mass is 10.1. The van der Waals surface area contributed by atoms with E-state index < -0.39 is 5.82 Å². The minimum absolute atomic E-state index is 0.0250. The molecular weight excluding hydrogens is 243 g/mol. The van der Waals surface area contributed by atoms with E-state index in [0.29, 0.717) is 12.2 Å². The third kappa shape index (κ3) is 3.30. The van der Waals surface area contributed by atoms with Crippen molar-refractivity contribution in [3.63, 3.8) is 0 Å². The Labute approximate surface area is 110 Å². The minimum atomic E-state index is -0.514. The molecule has 2 N–H and O–H groups in total. The fraction of sp³-hybridized carbons (Fsp3) is 0.133. The van der Waals surface area contributed by atoms with Crippen LogP contribution in [0.4, 0.5) is 10.1 Å². The third-order valence-corrected chi connectivity index (χ3v) is 2.79. The van der Waals surface area contributed by atoms with E-state index in [9.17, 15) is 4.39 Å². The maximum absolute atomic E-state index is 13.1. The van der Waals surface area contributed by atoms with Crippen LogP contribution >= 0.6 is 0 Å². The molecule has 0 fully saturated rings. The average Bonchev–Trinajstić information content (AvgIpc) is 2.47. The highest BCUT2D eigenvalue weighted by molar-refractivity contribution is 5.50. The molecule has 0 atom stereocenters. The second-order valence-corrected chi connectivity index (χ2v) is 4.13. The van der Waals surface area contributed by atoms with Gasteiger partial charge in [0.25, 0.3) is 0 Å². The summed E-state index contributed by atoms with van der Waals surface area (Å²) in [5, 5.41) is 20.8. The summed E-state index contributed by atoms with van der Waals surface area (Å²) in [7, 11) is 0. The van der Waals surface area contributed by atoms with Gasteiger partial charge in [0.15, 0.2) is 0 Å². The van der Waals surface area contributed by atoms with Crippen molar-refractivity contribution in [2.45, 2.75) is 13.2 Å². The Morgan fingerprint density at radius 1 is 1.11 bits per heavy atom. The Morgan fingerprint density at radius 2 is 1.79 bits per heavy atom. The molecule has 0 aliphatic rings. The van der Waals surface area contributed by atoms with Gasteiger partial charge >= 0.3 is 0 Å². The van der Waals surface area contributed by atoms with Gasteiger partial charge in [-0.15, -0.1) is 0 Å². The molecule has 0 aliphatic carbocycles. The first-order valence-corrected chi connectivity index (χ1v) is 5.85. The van der Waals surface area contributed by atoms with E-state index in [0.717, 1.165) is 11.1 Å². The molecule has 0 aliphatic heterocycles. The van der Waals surface area contributed by atoms with E-state index in [2.05, 4.69) is 5.32 Å². The largest absolute Gasteiger partial charge is 0.392 e. The summed E-state index contributed by atoms with van der Waals surface area (Å²) in [5.41, 5.74) is 2.63. The van der Waals surface area contributed by atoms with Gasteiger partial charge in [0.05, 0.1) is 12.2 Å². The number of nitrogens with one attached hydrogen (secondary N) is 1. The molecule has 0 radical (unpaired) electrons. The van der Waals surface area contributed by atoms with Gasteiger partial charge in [-0.1, -0.05) is 24.3 Å². The Bertz CT molecular complexity index is 603. The minimum Gasteiger partial charge on any atom is -0.392 e. The number of aliphatic hydroxyl groups is 1. The van der Waals surface area contributed by atoms with Crippen LogP contribution in [0.2, 0.25) is 0 Å². The lowest BCUT2D eigenvalue weighted by Crippen LogP contribution is -2.00. The second kappa shape index (κ2) is 5.98. The Morgan fingerprint density at radius 3 is 2.42 bits per heavy atom. The highest BCUT2D eigenvalue weighted by Gasteiger charge is 2.02. The topological polar surface area (TPSA) is 56.0 Å². The summed E-state index contributed by atoms with van der Waals surface area (Å²) in [6.45, 7) is 0.597. The summed E-state index contributed by atoms with van der Waals surface area (Å²) in [6, 6.07) is 13.7. The molecule has 4 heteroatoms. The summed E-state index contributed by atoms with van der Waals surface area (Å²) in [4.78, 5) is 0. The summed E-state index contributed by atoms with van der Waals surface area (Å²) in [6.07, 6.45) is 0. The SMILES string of the molecule is N#Cc1cc(NCc2ccc(CO)cc2)ccc1F. The first kappa shape index (κ1) is 13.1. The van der Waals surface area contributed by atoms with Gasteiger partial charge in [-0.05, 0) is 29.3 Å². The molecule has 0 amide bonds. The molecule has 0 unspecified atom stereocenters. The highest BCUT2D eigenvalue weighted by atomic mass is 19.1. The number of hydrogen-bond donors (Lipinski definition) is 2. The predicted octanol–water partition coefficient (Wildman–Crippen LogP) is 2.80. The van der Waals surface area contributed by atoms with E-state index in [-0.39, 0.29) is 12.2 Å². The van der Waals surface area contributed by atoms with Gasteiger partial charge in [0.2, 0.25) is 0 Å². The van der Waals surface area contributed by atoms with E-state index in [4.69, 9.17) is 10.4 Å². The van der Waals surface area contributed by atoms with Crippen molar-refractivity contribution in [3.05, 3.63) is 65.0 Å². The van der Waals surface area contributed by atoms with Crippen molar-refractivity contribution in [1.29, 1.82) is 5.26 Å². The smallest absolute Gasteiger partial charge is 0.141 e. The van der Waals surface area contributed by atoms with Crippen LogP contribution in [0.15, 0.2) is 42.5 Å². The molecule has 0 spiro atoms. The monoisotopic (exact) mass is 256 g/mol. The molecule has 0 saturated heterocycles. The second-order valence-electron chi connectivity index (χ2n) is 4.13. The van der Waals surface area contributed by atoms with Crippen molar-refractivity contribution < 1.29 is 9.50 Å². The summed E-state index contributed by atoms with van der Waals surface area (Å²) in [5.74, 6) is -0.514. The van der Waals surface area contributed by atoms with Crippen LogP contribution in [0.5, 0.6) is 0 Å². The van der Waals surface area contributed by atoms with E-state index >= 15 is 0 Å². The number of nitrogens with zero attached hydrogens (tertiary/aromatic N) is 1. The lowest BCUT2D eigenvalue weighted by molar-refractivity contribution is 0.282. The standard InChI is InChI=1S/C15H13FN2O/c16-15-6-5-14(7-13(15)8-17)18-9-11-1-3-12(10-19)4-2-11/h1-7,18-19H,9-10H2. The Kier molecular flexibility index (Phi) is 4.11. The van der Waals surface area contributed by atoms with Gasteiger partial charge in [-0.3, -0.25) is 0 Å². The van der Waals surface area contributed by atoms with Crippen LogP contribution in [0.25, 0.3) is 0 Å². The fourth-order valence-corrected chi connectivity index (χ4v) is 1.69. The van der Waals surface area contributed by atoms with Crippen LogP contribution in [-0.4, -0.2) is 5.11 Å². The van der Waals surface area contributed by atoms with Crippen molar-refractivity contribution >= 4 is 5.69 Å². The van der Waals surface area contributed by atoms with Gasteiger partial charge in [0, 0.05) is 12.2 Å². The zero-order valence-corrected chi connectivity index (χ0v) is 10.2. The van der Waals surface area contributed by atoms with Crippen LogP contribution < -0.4 is 5.32 Å². The molecular formula is C15H13FN2O. The Hall–Kier alpha value is -2.38. The third-order valence-electron chi connectivity index (χ3n) is 2.79. The van der Waals surface area contributed by atoms with Crippen LogP contribution in [-0.2, 0) is 13.2 Å². The van der Waals surface area contributed by atoms with E-state index in [1.54, 1.807) is 12.1 Å². The predicted molar refractivity (Wildman–Crippen MR) is 70.8 cm³/mol. The number of benzene rings is 2. The molecule has 19 heavy (non-hydrogen) atoms. The molecule has 0 saturated carbocycles. The molecule has 2 aromatic carbocycles. The van der Waals surface area contributed by atoms with Crippen molar-refractivity contribution in [2.24, 2.45) is 0 Å². The highest BCUT2D eigenvalue weighted by Crippen LogP contribution is 2.15.